The number of piperidine rings is 1. The Balaban J connectivity index is 2.07. The van der Waals surface area contributed by atoms with Crippen molar-refractivity contribution in [3.05, 3.63) is 0 Å². The van der Waals surface area contributed by atoms with Gasteiger partial charge in [-0.25, -0.2) is 0 Å². The van der Waals surface area contributed by atoms with Crippen molar-refractivity contribution in [2.24, 2.45) is 11.3 Å². The summed E-state index contributed by atoms with van der Waals surface area (Å²) < 4.78 is 0. The number of rotatable bonds is 2. The van der Waals surface area contributed by atoms with Crippen LogP contribution >= 0.6 is 0 Å². The number of carboxylic acid groups (broad SMARTS) is 1. The minimum absolute atomic E-state index is 0.359. The summed E-state index contributed by atoms with van der Waals surface area (Å²) >= 11 is 0. The Bertz CT molecular complexity index is 239. The molecule has 1 saturated heterocycles. The summed E-state index contributed by atoms with van der Waals surface area (Å²) in [7, 11) is 0. The molecule has 1 aliphatic carbocycles. The molecule has 3 nitrogen and oxygen atoms in total. The molecule has 0 aromatic carbocycles. The quantitative estimate of drug-likeness (QED) is 0.699. The summed E-state index contributed by atoms with van der Waals surface area (Å²) in [5.41, 5.74) is -0.359. The van der Waals surface area contributed by atoms with Crippen molar-refractivity contribution in [2.45, 2.75) is 32.7 Å². The highest BCUT2D eigenvalue weighted by atomic mass is 16.4. The molecule has 3 heteroatoms. The molecule has 0 spiro atoms. The van der Waals surface area contributed by atoms with Gasteiger partial charge in [0, 0.05) is 12.6 Å². The van der Waals surface area contributed by atoms with Crippen molar-refractivity contribution in [1.29, 1.82) is 0 Å². The van der Waals surface area contributed by atoms with E-state index in [1.54, 1.807) is 0 Å². The molecule has 1 aliphatic heterocycles. The third-order valence-electron chi connectivity index (χ3n) is 3.64. The van der Waals surface area contributed by atoms with Gasteiger partial charge in [0.2, 0.25) is 0 Å². The monoisotopic (exact) mass is 183 g/mol. The zero-order valence-electron chi connectivity index (χ0n) is 8.29. The molecule has 2 aliphatic rings. The van der Waals surface area contributed by atoms with Gasteiger partial charge in [-0.2, -0.15) is 0 Å². The van der Waals surface area contributed by atoms with E-state index in [1.807, 2.05) is 0 Å². The first-order valence-electron chi connectivity index (χ1n) is 5.04. The van der Waals surface area contributed by atoms with Crippen LogP contribution in [-0.2, 0) is 4.79 Å². The molecule has 0 bridgehead atoms. The summed E-state index contributed by atoms with van der Waals surface area (Å²) in [5, 5.41) is 9.11. The SMILES string of the molecule is CC(C)N1CCC2CC2(C(=O)O)C1. The van der Waals surface area contributed by atoms with Gasteiger partial charge in [-0.1, -0.05) is 0 Å². The second kappa shape index (κ2) is 2.71. The first-order valence-corrected chi connectivity index (χ1v) is 5.04. The van der Waals surface area contributed by atoms with Crippen molar-refractivity contribution in [1.82, 2.24) is 4.90 Å². The Morgan fingerprint density at radius 2 is 2.31 bits per heavy atom. The number of carboxylic acids is 1. The maximum atomic E-state index is 11.1. The number of hydrogen-bond donors (Lipinski definition) is 1. The van der Waals surface area contributed by atoms with Crippen LogP contribution in [0.5, 0.6) is 0 Å². The van der Waals surface area contributed by atoms with Crippen LogP contribution in [0.4, 0.5) is 0 Å². The number of fused-ring (bicyclic) bond motifs is 1. The lowest BCUT2D eigenvalue weighted by Gasteiger charge is -2.33. The topological polar surface area (TPSA) is 40.5 Å². The number of likely N-dealkylation sites (tertiary alicyclic amines) is 1. The second-order valence-electron chi connectivity index (χ2n) is 4.72. The third kappa shape index (κ3) is 1.26. The lowest BCUT2D eigenvalue weighted by Crippen LogP contribution is -2.43. The van der Waals surface area contributed by atoms with E-state index in [0.29, 0.717) is 12.0 Å². The van der Waals surface area contributed by atoms with Crippen molar-refractivity contribution in [3.63, 3.8) is 0 Å². The molecule has 2 fully saturated rings. The molecule has 2 rings (SSSR count). The van der Waals surface area contributed by atoms with Gasteiger partial charge in [0.05, 0.1) is 5.41 Å². The van der Waals surface area contributed by atoms with Gasteiger partial charge in [-0.05, 0) is 39.2 Å². The van der Waals surface area contributed by atoms with Crippen molar-refractivity contribution >= 4 is 5.97 Å². The Morgan fingerprint density at radius 3 is 2.85 bits per heavy atom. The molecule has 1 saturated carbocycles. The van der Waals surface area contributed by atoms with Crippen LogP contribution in [0.2, 0.25) is 0 Å². The highest BCUT2D eigenvalue weighted by Gasteiger charge is 2.62. The third-order valence-corrected chi connectivity index (χ3v) is 3.64. The van der Waals surface area contributed by atoms with Crippen LogP contribution in [0.25, 0.3) is 0 Å². The molecule has 0 aromatic heterocycles. The Hall–Kier alpha value is -0.570. The van der Waals surface area contributed by atoms with E-state index in [2.05, 4.69) is 18.7 Å². The first kappa shape index (κ1) is 9.00. The second-order valence-corrected chi connectivity index (χ2v) is 4.72. The summed E-state index contributed by atoms with van der Waals surface area (Å²) in [6.07, 6.45) is 1.98. The average molecular weight is 183 g/mol. The fourth-order valence-electron chi connectivity index (χ4n) is 2.49. The van der Waals surface area contributed by atoms with Gasteiger partial charge in [0.1, 0.15) is 0 Å². The Labute approximate surface area is 78.7 Å². The van der Waals surface area contributed by atoms with Crippen molar-refractivity contribution in [2.75, 3.05) is 13.1 Å². The molecule has 0 aromatic rings. The lowest BCUT2D eigenvalue weighted by molar-refractivity contribution is -0.146. The average Bonchev–Trinajstić information content (AvgIpc) is 2.77. The van der Waals surface area contributed by atoms with E-state index in [4.69, 9.17) is 5.11 Å². The molecule has 0 amide bonds. The van der Waals surface area contributed by atoms with Gasteiger partial charge in [0.25, 0.3) is 0 Å². The maximum Gasteiger partial charge on any atom is 0.311 e. The lowest BCUT2D eigenvalue weighted by atomic mass is 9.96. The summed E-state index contributed by atoms with van der Waals surface area (Å²) in [6.45, 7) is 6.12. The number of nitrogens with zero attached hydrogens (tertiary/aromatic N) is 1. The van der Waals surface area contributed by atoms with Crippen LogP contribution in [0, 0.1) is 11.3 Å². The predicted molar refractivity (Wildman–Crippen MR) is 49.5 cm³/mol. The van der Waals surface area contributed by atoms with E-state index in [9.17, 15) is 4.79 Å². The minimum Gasteiger partial charge on any atom is -0.481 e. The standard InChI is InChI=1S/C10H17NO2/c1-7(2)11-4-3-8-5-10(8,6-11)9(12)13/h7-8H,3-6H2,1-2H3,(H,12,13). The van der Waals surface area contributed by atoms with Crippen molar-refractivity contribution in [3.8, 4) is 0 Å². The van der Waals surface area contributed by atoms with E-state index in [1.165, 1.54) is 0 Å². The van der Waals surface area contributed by atoms with E-state index >= 15 is 0 Å². The first-order chi connectivity index (χ1) is 6.06. The normalized spacial score (nSPS) is 38.8. The largest absolute Gasteiger partial charge is 0.481 e. The van der Waals surface area contributed by atoms with Gasteiger partial charge in [0.15, 0.2) is 0 Å². The van der Waals surface area contributed by atoms with Gasteiger partial charge >= 0.3 is 5.97 Å². The summed E-state index contributed by atoms with van der Waals surface area (Å²) in [4.78, 5) is 13.3. The molecule has 0 radical (unpaired) electrons. The van der Waals surface area contributed by atoms with E-state index in [0.717, 1.165) is 25.9 Å². The van der Waals surface area contributed by atoms with E-state index < -0.39 is 5.97 Å². The molecule has 2 atom stereocenters. The number of hydrogen-bond acceptors (Lipinski definition) is 2. The Kier molecular flexibility index (Phi) is 1.88. The number of carbonyl (C=O) groups is 1. The predicted octanol–water partition coefficient (Wildman–Crippen LogP) is 1.19. The molecule has 13 heavy (non-hydrogen) atoms. The zero-order valence-corrected chi connectivity index (χ0v) is 8.29. The van der Waals surface area contributed by atoms with Gasteiger partial charge in [-0.3, -0.25) is 9.69 Å². The van der Waals surface area contributed by atoms with Crippen LogP contribution < -0.4 is 0 Å². The molecular weight excluding hydrogens is 166 g/mol. The minimum atomic E-state index is -0.581. The van der Waals surface area contributed by atoms with Crippen LogP contribution in [0.3, 0.4) is 0 Å². The summed E-state index contributed by atoms with van der Waals surface area (Å²) in [6, 6.07) is 0.484. The van der Waals surface area contributed by atoms with E-state index in [-0.39, 0.29) is 5.41 Å². The highest BCUT2D eigenvalue weighted by molar-refractivity contribution is 5.79. The summed E-state index contributed by atoms with van der Waals surface area (Å²) in [5.74, 6) is -0.108. The fourth-order valence-corrected chi connectivity index (χ4v) is 2.49. The van der Waals surface area contributed by atoms with Crippen molar-refractivity contribution < 1.29 is 9.90 Å². The molecular formula is C10H17NO2. The van der Waals surface area contributed by atoms with Gasteiger partial charge in [-0.15, -0.1) is 0 Å². The van der Waals surface area contributed by atoms with Crippen LogP contribution in [0.1, 0.15) is 26.7 Å². The fraction of sp³-hybridized carbons (Fsp3) is 0.900. The van der Waals surface area contributed by atoms with Crippen LogP contribution in [-0.4, -0.2) is 35.1 Å². The molecule has 2 unspecified atom stereocenters. The zero-order chi connectivity index (χ0) is 9.64. The molecule has 74 valence electrons. The smallest absolute Gasteiger partial charge is 0.311 e. The highest BCUT2D eigenvalue weighted by Crippen LogP contribution is 2.57. The maximum absolute atomic E-state index is 11.1. The Morgan fingerprint density at radius 1 is 1.62 bits per heavy atom. The molecule has 1 N–H and O–H groups in total. The molecule has 1 heterocycles. The number of aliphatic carboxylic acids is 1. The van der Waals surface area contributed by atoms with Crippen LogP contribution in [0.15, 0.2) is 0 Å². The van der Waals surface area contributed by atoms with Gasteiger partial charge < -0.3 is 5.11 Å².